The zero-order valence-electron chi connectivity index (χ0n) is 7.43. The SMILES string of the molecule is O=POc1c(C(=O)O)[nH]c2ccccc12. The van der Waals surface area contributed by atoms with Gasteiger partial charge in [0.15, 0.2) is 11.4 Å². The van der Waals surface area contributed by atoms with Gasteiger partial charge in [0.2, 0.25) is 0 Å². The smallest absolute Gasteiger partial charge is 0.395 e. The summed E-state index contributed by atoms with van der Waals surface area (Å²) in [6.07, 6.45) is 0. The van der Waals surface area contributed by atoms with E-state index in [1.807, 2.05) is 0 Å². The molecule has 2 rings (SSSR count). The molecule has 0 atom stereocenters. The topological polar surface area (TPSA) is 79.4 Å². The normalized spacial score (nSPS) is 10.7. The molecule has 1 aromatic carbocycles. The Kier molecular flexibility index (Phi) is 2.39. The summed E-state index contributed by atoms with van der Waals surface area (Å²) in [5, 5.41) is 9.47. The van der Waals surface area contributed by atoms with Gasteiger partial charge in [0.1, 0.15) is 0 Å². The molecular formula is C9H6NO4P. The quantitative estimate of drug-likeness (QED) is 0.783. The number of para-hydroxylation sites is 1. The maximum atomic E-state index is 10.8. The summed E-state index contributed by atoms with van der Waals surface area (Å²) in [5.41, 5.74) is 0.535. The molecule has 1 heterocycles. The number of H-pyrrole nitrogens is 1. The van der Waals surface area contributed by atoms with Gasteiger partial charge in [0.05, 0.1) is 0 Å². The zero-order valence-corrected chi connectivity index (χ0v) is 8.32. The van der Waals surface area contributed by atoms with E-state index in [4.69, 9.17) is 9.63 Å². The van der Waals surface area contributed by atoms with Crippen molar-refractivity contribution in [2.75, 3.05) is 0 Å². The van der Waals surface area contributed by atoms with Crippen molar-refractivity contribution < 1.29 is 19.0 Å². The molecule has 2 N–H and O–H groups in total. The Labute approximate surface area is 86.0 Å². The van der Waals surface area contributed by atoms with Crippen molar-refractivity contribution in [2.45, 2.75) is 0 Å². The van der Waals surface area contributed by atoms with E-state index in [2.05, 4.69) is 4.98 Å². The van der Waals surface area contributed by atoms with Crippen molar-refractivity contribution in [3.63, 3.8) is 0 Å². The lowest BCUT2D eigenvalue weighted by molar-refractivity contribution is 0.0690. The number of rotatable bonds is 3. The van der Waals surface area contributed by atoms with Crippen molar-refractivity contribution in [3.8, 4) is 5.75 Å². The van der Waals surface area contributed by atoms with Gasteiger partial charge < -0.3 is 14.6 Å². The van der Waals surface area contributed by atoms with Crippen LogP contribution in [0.15, 0.2) is 24.3 Å². The number of hydrogen-bond acceptors (Lipinski definition) is 3. The minimum absolute atomic E-state index is 0.0924. The Morgan fingerprint density at radius 2 is 2.13 bits per heavy atom. The Hall–Kier alpha value is -1.87. The first-order valence-corrected chi connectivity index (χ1v) is 4.80. The molecule has 6 heteroatoms. The first kappa shape index (κ1) is 9.68. The molecule has 0 aliphatic rings. The van der Waals surface area contributed by atoms with Crippen molar-refractivity contribution in [3.05, 3.63) is 30.0 Å². The highest BCUT2D eigenvalue weighted by Crippen LogP contribution is 2.31. The number of hydrogen-bond donors (Lipinski definition) is 2. The predicted octanol–water partition coefficient (Wildman–Crippen LogP) is 2.45. The van der Waals surface area contributed by atoms with Crippen LogP contribution in [-0.4, -0.2) is 16.1 Å². The number of carbonyl (C=O) groups is 1. The monoisotopic (exact) mass is 223 g/mol. The standard InChI is InChI=1S/C9H6NO4P/c11-9(12)7-8(14-15-13)5-3-1-2-4-6(5)10-7/h1-4,10H,(H,11,12). The van der Waals surface area contributed by atoms with Gasteiger partial charge in [-0.2, -0.15) is 0 Å². The molecule has 0 aliphatic carbocycles. The second-order valence-corrected chi connectivity index (χ2v) is 3.18. The summed E-state index contributed by atoms with van der Waals surface area (Å²) >= 11 is 0. The number of carboxylic acids is 1. The minimum atomic E-state index is -1.15. The first-order valence-electron chi connectivity index (χ1n) is 4.07. The van der Waals surface area contributed by atoms with E-state index >= 15 is 0 Å². The van der Waals surface area contributed by atoms with E-state index in [0.717, 1.165) is 0 Å². The molecule has 2 aromatic rings. The van der Waals surface area contributed by atoms with Crippen LogP contribution in [-0.2, 0) is 4.57 Å². The lowest BCUT2D eigenvalue weighted by Gasteiger charge is -1.94. The highest BCUT2D eigenvalue weighted by Gasteiger charge is 2.18. The largest absolute Gasteiger partial charge is 0.476 e. The molecule has 76 valence electrons. The van der Waals surface area contributed by atoms with Crippen LogP contribution in [0.5, 0.6) is 5.75 Å². The molecule has 0 saturated heterocycles. The van der Waals surface area contributed by atoms with Crippen LogP contribution < -0.4 is 4.52 Å². The summed E-state index contributed by atoms with van der Waals surface area (Å²) < 4.78 is 15.1. The van der Waals surface area contributed by atoms with Gasteiger partial charge in [-0.25, -0.2) is 9.36 Å². The Morgan fingerprint density at radius 1 is 1.40 bits per heavy atom. The number of carboxylic acid groups (broad SMARTS) is 1. The number of aromatic nitrogens is 1. The van der Waals surface area contributed by atoms with Crippen LogP contribution >= 0.6 is 8.69 Å². The fourth-order valence-electron chi connectivity index (χ4n) is 1.40. The highest BCUT2D eigenvalue weighted by atomic mass is 31.1. The summed E-state index contributed by atoms with van der Waals surface area (Å²) in [4.78, 5) is 13.5. The Bertz CT molecular complexity index is 534. The molecule has 15 heavy (non-hydrogen) atoms. The van der Waals surface area contributed by atoms with Gasteiger partial charge in [-0.15, -0.1) is 0 Å². The molecule has 0 aliphatic heterocycles. The molecular weight excluding hydrogens is 217 g/mol. The average molecular weight is 223 g/mol. The van der Waals surface area contributed by atoms with Crippen molar-refractivity contribution in [1.29, 1.82) is 0 Å². The van der Waals surface area contributed by atoms with Crippen LogP contribution in [0.3, 0.4) is 0 Å². The van der Waals surface area contributed by atoms with Gasteiger partial charge >= 0.3 is 14.7 Å². The summed E-state index contributed by atoms with van der Waals surface area (Å²) in [7, 11) is -0.578. The number of benzene rings is 1. The molecule has 0 unspecified atom stereocenters. The summed E-state index contributed by atoms with van der Waals surface area (Å²) in [6, 6.07) is 6.93. The van der Waals surface area contributed by atoms with Gasteiger partial charge in [0, 0.05) is 10.9 Å². The molecule has 1 aromatic heterocycles. The molecule has 0 saturated carbocycles. The van der Waals surface area contributed by atoms with E-state index in [0.29, 0.717) is 10.9 Å². The lowest BCUT2D eigenvalue weighted by Crippen LogP contribution is -1.97. The molecule has 5 nitrogen and oxygen atoms in total. The summed E-state index contributed by atoms with van der Waals surface area (Å²) in [6.45, 7) is 0. The van der Waals surface area contributed by atoms with Crippen molar-refractivity contribution in [1.82, 2.24) is 4.98 Å². The lowest BCUT2D eigenvalue weighted by atomic mass is 10.2. The van der Waals surface area contributed by atoms with Gasteiger partial charge in [-0.3, -0.25) is 0 Å². The predicted molar refractivity (Wildman–Crippen MR) is 53.5 cm³/mol. The maximum absolute atomic E-state index is 10.8. The van der Waals surface area contributed by atoms with Crippen LogP contribution in [0.25, 0.3) is 10.9 Å². The van der Waals surface area contributed by atoms with E-state index in [9.17, 15) is 9.36 Å². The van der Waals surface area contributed by atoms with Crippen molar-refractivity contribution >= 4 is 25.6 Å². The average Bonchev–Trinajstić information content (AvgIpc) is 2.58. The van der Waals surface area contributed by atoms with Gasteiger partial charge in [0.25, 0.3) is 0 Å². The molecule has 0 radical (unpaired) electrons. The van der Waals surface area contributed by atoms with Gasteiger partial charge in [-0.05, 0) is 12.1 Å². The molecule has 0 spiro atoms. The van der Waals surface area contributed by atoms with E-state index in [-0.39, 0.29) is 11.4 Å². The second-order valence-electron chi connectivity index (χ2n) is 2.85. The third-order valence-electron chi connectivity index (χ3n) is 2.00. The van der Waals surface area contributed by atoms with Gasteiger partial charge in [-0.1, -0.05) is 12.1 Å². The first-order chi connectivity index (χ1) is 7.24. The van der Waals surface area contributed by atoms with E-state index in [1.54, 1.807) is 24.3 Å². The second kappa shape index (κ2) is 3.71. The number of aromatic amines is 1. The van der Waals surface area contributed by atoms with Crippen LogP contribution in [0, 0.1) is 0 Å². The number of fused-ring (bicyclic) bond motifs is 1. The van der Waals surface area contributed by atoms with E-state index < -0.39 is 14.7 Å². The number of aromatic carboxylic acids is 1. The fraction of sp³-hybridized carbons (Fsp3) is 0. The number of nitrogens with one attached hydrogen (secondary N) is 1. The third-order valence-corrected chi connectivity index (χ3v) is 2.26. The Morgan fingerprint density at radius 3 is 2.80 bits per heavy atom. The molecule has 0 bridgehead atoms. The minimum Gasteiger partial charge on any atom is -0.476 e. The van der Waals surface area contributed by atoms with Crippen LogP contribution in [0.4, 0.5) is 0 Å². The fourth-order valence-corrected chi connectivity index (χ4v) is 1.66. The van der Waals surface area contributed by atoms with Crippen LogP contribution in [0.2, 0.25) is 0 Å². The van der Waals surface area contributed by atoms with E-state index in [1.165, 1.54) is 0 Å². The highest BCUT2D eigenvalue weighted by molar-refractivity contribution is 7.17. The molecule has 0 fully saturated rings. The summed E-state index contributed by atoms with van der Waals surface area (Å²) in [5.74, 6) is -1.06. The van der Waals surface area contributed by atoms with Crippen LogP contribution in [0.1, 0.15) is 10.5 Å². The van der Waals surface area contributed by atoms with Crippen molar-refractivity contribution in [2.24, 2.45) is 0 Å². The molecule has 0 amide bonds. The zero-order chi connectivity index (χ0) is 10.8. The Balaban J connectivity index is 2.73. The third kappa shape index (κ3) is 1.57. The maximum Gasteiger partial charge on any atom is 0.395 e.